The van der Waals surface area contributed by atoms with Gasteiger partial charge in [-0.15, -0.1) is 0 Å². The number of aryl methyl sites for hydroxylation is 1. The van der Waals surface area contributed by atoms with Crippen molar-refractivity contribution in [3.63, 3.8) is 0 Å². The number of furan rings is 1. The van der Waals surface area contributed by atoms with Crippen LogP contribution in [0.5, 0.6) is 5.75 Å². The molecule has 0 radical (unpaired) electrons. The molecule has 0 bridgehead atoms. The van der Waals surface area contributed by atoms with Crippen molar-refractivity contribution < 1.29 is 19.1 Å². The van der Waals surface area contributed by atoms with Gasteiger partial charge >= 0.3 is 5.97 Å². The van der Waals surface area contributed by atoms with E-state index >= 15 is 0 Å². The molecule has 5 aromatic rings. The van der Waals surface area contributed by atoms with Gasteiger partial charge in [0.15, 0.2) is 0 Å². The van der Waals surface area contributed by atoms with Gasteiger partial charge in [0.2, 0.25) is 0 Å². The van der Waals surface area contributed by atoms with Gasteiger partial charge in [-0.05, 0) is 37.3 Å². The van der Waals surface area contributed by atoms with E-state index < -0.39 is 11.9 Å². The van der Waals surface area contributed by atoms with Gasteiger partial charge in [0.25, 0.3) is 0 Å². The van der Waals surface area contributed by atoms with Crippen LogP contribution >= 0.6 is 0 Å². The zero-order chi connectivity index (χ0) is 23.7. The topological polar surface area (TPSA) is 77.5 Å². The van der Waals surface area contributed by atoms with Crippen molar-refractivity contribution in [3.05, 3.63) is 102 Å². The normalized spacial score (nSPS) is 12.1. The lowest BCUT2D eigenvalue weighted by atomic mass is 9.97. The fourth-order valence-corrected chi connectivity index (χ4v) is 4.17. The van der Waals surface area contributed by atoms with Gasteiger partial charge in [-0.3, -0.25) is 4.79 Å². The molecule has 1 unspecified atom stereocenters. The molecule has 5 rings (SSSR count). The van der Waals surface area contributed by atoms with Crippen molar-refractivity contribution >= 4 is 16.7 Å². The third-order valence-electron chi connectivity index (χ3n) is 5.99. The van der Waals surface area contributed by atoms with Gasteiger partial charge < -0.3 is 14.3 Å². The molecule has 0 aliphatic carbocycles. The molecule has 0 spiro atoms. The smallest absolute Gasteiger partial charge is 0.314 e. The summed E-state index contributed by atoms with van der Waals surface area (Å²) in [5, 5.41) is 16.6. The van der Waals surface area contributed by atoms with Crippen LogP contribution in [0.1, 0.15) is 22.9 Å². The highest BCUT2D eigenvalue weighted by Gasteiger charge is 2.27. The predicted octanol–water partition coefficient (Wildman–Crippen LogP) is 6.01. The number of hydrogen-bond acceptors (Lipinski definition) is 4. The van der Waals surface area contributed by atoms with E-state index in [2.05, 4.69) is 12.1 Å². The first-order valence-electron chi connectivity index (χ1n) is 11.0. The highest BCUT2D eigenvalue weighted by molar-refractivity contribution is 5.89. The molecule has 0 amide bonds. The van der Waals surface area contributed by atoms with Crippen molar-refractivity contribution in [2.75, 3.05) is 7.11 Å². The Labute approximate surface area is 197 Å². The molecule has 0 aliphatic heterocycles. The van der Waals surface area contributed by atoms with Gasteiger partial charge in [-0.2, -0.15) is 5.10 Å². The number of ether oxygens (including phenoxy) is 1. The average molecular weight is 453 g/mol. The number of aliphatic carboxylic acids is 1. The first-order valence-corrected chi connectivity index (χ1v) is 11.0. The number of benzene rings is 3. The molecule has 34 heavy (non-hydrogen) atoms. The van der Waals surface area contributed by atoms with E-state index in [0.717, 1.165) is 39.0 Å². The fourth-order valence-electron chi connectivity index (χ4n) is 4.17. The molecule has 0 saturated carbocycles. The van der Waals surface area contributed by atoms with E-state index in [9.17, 15) is 9.90 Å². The summed E-state index contributed by atoms with van der Waals surface area (Å²) in [4.78, 5) is 12.3. The number of aromatic nitrogens is 2. The maximum Gasteiger partial charge on any atom is 0.314 e. The Balaban J connectivity index is 1.58. The van der Waals surface area contributed by atoms with Crippen LogP contribution in [0.25, 0.3) is 27.7 Å². The minimum atomic E-state index is -0.948. The van der Waals surface area contributed by atoms with E-state index in [-0.39, 0.29) is 6.42 Å². The zero-order valence-corrected chi connectivity index (χ0v) is 18.9. The summed E-state index contributed by atoms with van der Waals surface area (Å²) in [7, 11) is 1.63. The van der Waals surface area contributed by atoms with Crippen LogP contribution in [0, 0.1) is 6.92 Å². The molecule has 0 aliphatic rings. The third kappa shape index (κ3) is 4.06. The summed E-state index contributed by atoms with van der Waals surface area (Å²) in [5.41, 5.74) is 4.57. The summed E-state index contributed by atoms with van der Waals surface area (Å²) in [6.07, 6.45) is 1.81. The molecule has 2 aromatic heterocycles. The Morgan fingerprint density at radius 2 is 1.79 bits per heavy atom. The van der Waals surface area contributed by atoms with Crippen molar-refractivity contribution in [1.29, 1.82) is 0 Å². The van der Waals surface area contributed by atoms with Gasteiger partial charge in [0.05, 0.1) is 30.4 Å². The van der Waals surface area contributed by atoms with E-state index in [1.54, 1.807) is 13.4 Å². The molecule has 170 valence electrons. The molecule has 3 aromatic carbocycles. The van der Waals surface area contributed by atoms with Crippen LogP contribution in [0.4, 0.5) is 0 Å². The fraction of sp³-hybridized carbons (Fsp3) is 0.143. The average Bonchev–Trinajstić information content (AvgIpc) is 3.47. The number of nitrogens with zero attached hydrogens (tertiary/aromatic N) is 2. The summed E-state index contributed by atoms with van der Waals surface area (Å²) in [6.45, 7) is 2.04. The zero-order valence-electron chi connectivity index (χ0n) is 18.9. The molecule has 2 heterocycles. The third-order valence-corrected chi connectivity index (χ3v) is 5.99. The minimum Gasteiger partial charge on any atom is -0.497 e. The lowest BCUT2D eigenvalue weighted by Crippen LogP contribution is -2.14. The first kappa shape index (κ1) is 21.5. The van der Waals surface area contributed by atoms with E-state index in [1.807, 2.05) is 78.3 Å². The second kappa shape index (κ2) is 8.90. The summed E-state index contributed by atoms with van der Waals surface area (Å²) >= 11 is 0. The largest absolute Gasteiger partial charge is 0.497 e. The van der Waals surface area contributed by atoms with Crippen LogP contribution in [-0.4, -0.2) is 28.0 Å². The number of carbonyl (C=O) groups is 1. The standard InChI is InChI=1S/C28H24N2O4/c1-18-7-9-19(10-8-18)26-16-21(29-30(26)22-11-13-23(33-2)14-12-22)15-25(28(31)32)27-24-6-4-3-5-20(24)17-34-27/h3-14,16-17,25H,15H2,1-2H3,(H,31,32). The van der Waals surface area contributed by atoms with Crippen LogP contribution in [-0.2, 0) is 11.2 Å². The van der Waals surface area contributed by atoms with Crippen molar-refractivity contribution in [3.8, 4) is 22.7 Å². The molecule has 6 nitrogen and oxygen atoms in total. The molecule has 1 N–H and O–H groups in total. The lowest BCUT2D eigenvalue weighted by Gasteiger charge is -2.09. The number of carboxylic acid groups (broad SMARTS) is 1. The monoisotopic (exact) mass is 452 g/mol. The van der Waals surface area contributed by atoms with Crippen molar-refractivity contribution in [2.24, 2.45) is 0 Å². The highest BCUT2D eigenvalue weighted by atomic mass is 16.5. The SMILES string of the molecule is COc1ccc(-n2nc(CC(C(=O)O)c3occ4ccccc34)cc2-c2ccc(C)cc2)cc1. The molecule has 1 atom stereocenters. The summed E-state index contributed by atoms with van der Waals surface area (Å²) in [5.74, 6) is -0.608. The molecular formula is C28H24N2O4. The second-order valence-corrected chi connectivity index (χ2v) is 8.28. The number of carboxylic acids is 1. The predicted molar refractivity (Wildman–Crippen MR) is 131 cm³/mol. The first-order chi connectivity index (χ1) is 16.5. The second-order valence-electron chi connectivity index (χ2n) is 8.28. The molecular weight excluding hydrogens is 428 g/mol. The van der Waals surface area contributed by atoms with E-state index in [1.165, 1.54) is 0 Å². The van der Waals surface area contributed by atoms with Crippen LogP contribution in [0.15, 0.2) is 89.5 Å². The minimum absolute atomic E-state index is 0.203. The molecule has 0 fully saturated rings. The number of fused-ring (bicyclic) bond motifs is 1. The Morgan fingerprint density at radius 3 is 2.50 bits per heavy atom. The quantitative estimate of drug-likeness (QED) is 0.327. The van der Waals surface area contributed by atoms with Crippen LogP contribution in [0.2, 0.25) is 0 Å². The maximum atomic E-state index is 12.3. The van der Waals surface area contributed by atoms with Crippen molar-refractivity contribution in [1.82, 2.24) is 9.78 Å². The molecule has 6 heteroatoms. The Kier molecular flexibility index (Phi) is 5.64. The van der Waals surface area contributed by atoms with Crippen LogP contribution in [0.3, 0.4) is 0 Å². The lowest BCUT2D eigenvalue weighted by molar-refractivity contribution is -0.139. The Bertz CT molecular complexity index is 1450. The number of rotatable bonds is 7. The summed E-state index contributed by atoms with van der Waals surface area (Å²) < 4.78 is 12.9. The number of hydrogen-bond donors (Lipinski definition) is 1. The number of methoxy groups -OCH3 is 1. The van der Waals surface area contributed by atoms with Gasteiger partial charge in [-0.1, -0.05) is 54.1 Å². The molecule has 0 saturated heterocycles. The van der Waals surface area contributed by atoms with Crippen molar-refractivity contribution in [2.45, 2.75) is 19.3 Å². The van der Waals surface area contributed by atoms with Gasteiger partial charge in [0, 0.05) is 22.8 Å². The van der Waals surface area contributed by atoms with E-state index in [4.69, 9.17) is 14.3 Å². The van der Waals surface area contributed by atoms with E-state index in [0.29, 0.717) is 11.5 Å². The Hall–Kier alpha value is -4.32. The highest BCUT2D eigenvalue weighted by Crippen LogP contribution is 2.32. The summed E-state index contributed by atoms with van der Waals surface area (Å²) in [6, 6.07) is 25.4. The van der Waals surface area contributed by atoms with Gasteiger partial charge in [0.1, 0.15) is 17.4 Å². The Morgan fingerprint density at radius 1 is 1.06 bits per heavy atom. The maximum absolute atomic E-state index is 12.3. The van der Waals surface area contributed by atoms with Gasteiger partial charge in [-0.25, -0.2) is 4.68 Å². The van der Waals surface area contributed by atoms with Crippen LogP contribution < -0.4 is 4.74 Å².